The fourth-order valence-electron chi connectivity index (χ4n) is 4.00. The molecule has 0 aliphatic carbocycles. The number of H-pyrrole nitrogens is 2. The van der Waals surface area contributed by atoms with Crippen LogP contribution < -0.4 is 10.7 Å². The Hall–Kier alpha value is -4.65. The Morgan fingerprint density at radius 2 is 1.47 bits per heavy atom. The van der Waals surface area contributed by atoms with Gasteiger partial charge in [-0.2, -0.15) is 5.10 Å². The molecule has 0 saturated heterocycles. The van der Waals surface area contributed by atoms with E-state index in [1.165, 1.54) is 0 Å². The highest BCUT2D eigenvalue weighted by atomic mass is 16.2. The van der Waals surface area contributed by atoms with Gasteiger partial charge in [0.15, 0.2) is 0 Å². The molecule has 0 radical (unpaired) electrons. The van der Waals surface area contributed by atoms with E-state index in [0.29, 0.717) is 12.0 Å². The maximum absolute atomic E-state index is 13.1. The van der Waals surface area contributed by atoms with Gasteiger partial charge in [-0.25, -0.2) is 5.43 Å². The van der Waals surface area contributed by atoms with Crippen molar-refractivity contribution < 1.29 is 9.59 Å². The number of fused-ring (bicyclic) bond motifs is 2. The molecular weight excluding hydrogens is 426 g/mol. The normalized spacial score (nSPS) is 12.2. The van der Waals surface area contributed by atoms with Crippen LogP contribution in [0.2, 0.25) is 0 Å². The second-order valence-corrected chi connectivity index (χ2v) is 7.98. The SMILES string of the molecule is O=C(NC(Cc1c[nH]c2ccccc12)C(=O)N/N=C/c1c[nH]c2ccccc12)c1ccccc1. The minimum Gasteiger partial charge on any atom is -0.361 e. The van der Waals surface area contributed by atoms with Crippen LogP contribution in [0, 0.1) is 0 Å². The molecule has 168 valence electrons. The zero-order chi connectivity index (χ0) is 23.3. The van der Waals surface area contributed by atoms with Crippen molar-refractivity contribution in [2.45, 2.75) is 12.5 Å². The summed E-state index contributed by atoms with van der Waals surface area (Å²) in [7, 11) is 0. The highest BCUT2D eigenvalue weighted by molar-refractivity contribution is 6.00. The van der Waals surface area contributed by atoms with Crippen molar-refractivity contribution in [3.05, 3.63) is 108 Å². The average molecular weight is 450 g/mol. The Morgan fingerprint density at radius 3 is 2.26 bits per heavy atom. The van der Waals surface area contributed by atoms with Crippen LogP contribution in [-0.4, -0.2) is 34.0 Å². The van der Waals surface area contributed by atoms with Crippen LogP contribution in [0.3, 0.4) is 0 Å². The molecule has 0 bridgehead atoms. The minimum absolute atomic E-state index is 0.316. The van der Waals surface area contributed by atoms with Gasteiger partial charge in [0.05, 0.1) is 6.21 Å². The Kier molecular flexibility index (Phi) is 5.90. The minimum atomic E-state index is -0.813. The summed E-state index contributed by atoms with van der Waals surface area (Å²) in [5.74, 6) is -0.716. The predicted molar refractivity (Wildman–Crippen MR) is 134 cm³/mol. The largest absolute Gasteiger partial charge is 0.361 e. The number of carbonyl (C=O) groups is 2. The van der Waals surface area contributed by atoms with Crippen LogP contribution >= 0.6 is 0 Å². The van der Waals surface area contributed by atoms with Gasteiger partial charge in [0.25, 0.3) is 11.8 Å². The predicted octanol–water partition coefficient (Wildman–Crippen LogP) is 4.14. The molecule has 5 rings (SSSR count). The first-order chi connectivity index (χ1) is 16.7. The molecule has 2 amide bonds. The maximum Gasteiger partial charge on any atom is 0.262 e. The monoisotopic (exact) mass is 449 g/mol. The lowest BCUT2D eigenvalue weighted by Gasteiger charge is -2.17. The summed E-state index contributed by atoms with van der Waals surface area (Å²) in [4.78, 5) is 32.3. The molecule has 4 N–H and O–H groups in total. The summed E-state index contributed by atoms with van der Waals surface area (Å²) in [6.45, 7) is 0. The van der Waals surface area contributed by atoms with Crippen LogP contribution in [0.4, 0.5) is 0 Å². The van der Waals surface area contributed by atoms with Gasteiger partial charge in [0, 0.05) is 51.7 Å². The number of hydrogen-bond donors (Lipinski definition) is 4. The van der Waals surface area contributed by atoms with Crippen molar-refractivity contribution >= 4 is 39.8 Å². The van der Waals surface area contributed by atoms with E-state index in [1.807, 2.05) is 67.0 Å². The molecule has 2 heterocycles. The molecule has 0 aliphatic rings. The van der Waals surface area contributed by atoms with Crippen molar-refractivity contribution in [1.82, 2.24) is 20.7 Å². The summed E-state index contributed by atoms with van der Waals surface area (Å²) in [6.07, 6.45) is 5.62. The number of carbonyl (C=O) groups excluding carboxylic acids is 2. The Bertz CT molecular complexity index is 1480. The van der Waals surface area contributed by atoms with Gasteiger partial charge < -0.3 is 15.3 Å². The topological polar surface area (TPSA) is 102 Å². The highest BCUT2D eigenvalue weighted by Gasteiger charge is 2.23. The molecule has 0 spiro atoms. The van der Waals surface area contributed by atoms with Crippen LogP contribution in [0.25, 0.3) is 21.8 Å². The van der Waals surface area contributed by atoms with Crippen molar-refractivity contribution in [3.8, 4) is 0 Å². The molecule has 0 fully saturated rings. The molecule has 0 aliphatic heterocycles. The van der Waals surface area contributed by atoms with Gasteiger partial charge in [0.2, 0.25) is 0 Å². The number of nitrogens with one attached hydrogen (secondary N) is 4. The maximum atomic E-state index is 13.1. The molecule has 5 aromatic rings. The van der Waals surface area contributed by atoms with E-state index < -0.39 is 11.9 Å². The molecule has 1 atom stereocenters. The van der Waals surface area contributed by atoms with Crippen molar-refractivity contribution in [3.63, 3.8) is 0 Å². The first-order valence-corrected chi connectivity index (χ1v) is 11.0. The lowest BCUT2D eigenvalue weighted by Crippen LogP contribution is -2.46. The molecule has 7 nitrogen and oxygen atoms in total. The molecular formula is C27H23N5O2. The third-order valence-electron chi connectivity index (χ3n) is 5.76. The summed E-state index contributed by atoms with van der Waals surface area (Å²) < 4.78 is 0. The molecule has 1 unspecified atom stereocenters. The lowest BCUT2D eigenvalue weighted by molar-refractivity contribution is -0.122. The number of hydrazone groups is 1. The van der Waals surface area contributed by atoms with Gasteiger partial charge in [-0.1, -0.05) is 54.6 Å². The third-order valence-corrected chi connectivity index (χ3v) is 5.76. The Balaban J connectivity index is 1.36. The second kappa shape index (κ2) is 9.46. The Labute approximate surface area is 195 Å². The lowest BCUT2D eigenvalue weighted by atomic mass is 10.0. The van der Waals surface area contributed by atoms with E-state index >= 15 is 0 Å². The summed E-state index contributed by atoms with van der Waals surface area (Å²) in [5.41, 5.74) is 6.84. The average Bonchev–Trinajstić information content (AvgIpc) is 3.48. The summed E-state index contributed by atoms with van der Waals surface area (Å²) in [6, 6.07) is 23.7. The van der Waals surface area contributed by atoms with Gasteiger partial charge in [-0.3, -0.25) is 9.59 Å². The van der Waals surface area contributed by atoms with Crippen molar-refractivity contribution in [2.24, 2.45) is 5.10 Å². The third kappa shape index (κ3) is 4.45. The molecule has 3 aromatic carbocycles. The first-order valence-electron chi connectivity index (χ1n) is 11.0. The molecule has 7 heteroatoms. The van der Waals surface area contributed by atoms with Crippen LogP contribution in [0.1, 0.15) is 21.5 Å². The fraction of sp³-hybridized carbons (Fsp3) is 0.0741. The van der Waals surface area contributed by atoms with E-state index in [4.69, 9.17) is 0 Å². The van der Waals surface area contributed by atoms with Crippen LogP contribution in [0.5, 0.6) is 0 Å². The van der Waals surface area contributed by atoms with Crippen molar-refractivity contribution in [2.75, 3.05) is 0 Å². The van der Waals surface area contributed by atoms with Gasteiger partial charge in [-0.05, 0) is 29.8 Å². The fourth-order valence-corrected chi connectivity index (χ4v) is 4.00. The summed E-state index contributed by atoms with van der Waals surface area (Å²) in [5, 5.41) is 9.04. The molecule has 34 heavy (non-hydrogen) atoms. The number of benzene rings is 3. The van der Waals surface area contributed by atoms with Gasteiger partial charge >= 0.3 is 0 Å². The standard InChI is InChI=1S/C27H23N5O2/c33-26(18-8-2-1-3-9-18)31-25(14-19-15-28-23-12-6-4-10-21(19)23)27(34)32-30-17-20-16-29-24-13-7-5-11-22(20)24/h1-13,15-17,25,28-29H,14H2,(H,31,33)(H,32,34)/b30-17+. The van der Waals surface area contributed by atoms with E-state index in [-0.39, 0.29) is 5.91 Å². The first kappa shape index (κ1) is 21.2. The van der Waals surface area contributed by atoms with E-state index in [0.717, 1.165) is 32.9 Å². The zero-order valence-electron chi connectivity index (χ0n) is 18.3. The number of nitrogens with zero attached hydrogens (tertiary/aromatic N) is 1. The highest BCUT2D eigenvalue weighted by Crippen LogP contribution is 2.19. The van der Waals surface area contributed by atoms with Crippen LogP contribution in [0.15, 0.2) is 96.4 Å². The van der Waals surface area contributed by atoms with Crippen molar-refractivity contribution in [1.29, 1.82) is 0 Å². The summed E-state index contributed by atoms with van der Waals surface area (Å²) >= 11 is 0. The van der Waals surface area contributed by atoms with Crippen LogP contribution in [-0.2, 0) is 11.2 Å². The number of hydrogen-bond acceptors (Lipinski definition) is 3. The van der Waals surface area contributed by atoms with E-state index in [1.54, 1.807) is 30.5 Å². The van der Waals surface area contributed by atoms with Gasteiger partial charge in [-0.15, -0.1) is 0 Å². The smallest absolute Gasteiger partial charge is 0.262 e. The number of aromatic amines is 2. The Morgan fingerprint density at radius 1 is 0.824 bits per heavy atom. The number of aromatic nitrogens is 2. The zero-order valence-corrected chi connectivity index (χ0v) is 18.3. The second-order valence-electron chi connectivity index (χ2n) is 7.98. The number of para-hydroxylation sites is 2. The van der Waals surface area contributed by atoms with E-state index in [2.05, 4.69) is 25.8 Å². The number of rotatable bonds is 7. The van der Waals surface area contributed by atoms with E-state index in [9.17, 15) is 9.59 Å². The quantitative estimate of drug-likeness (QED) is 0.222. The molecule has 2 aromatic heterocycles. The number of amides is 2. The molecule has 0 saturated carbocycles. The van der Waals surface area contributed by atoms with Gasteiger partial charge in [0.1, 0.15) is 6.04 Å².